The van der Waals surface area contributed by atoms with E-state index in [4.69, 9.17) is 9.47 Å². The standard InChI is InChI=1S/C35H40N4O4/c1-42-33(40)28-20-27(26-13-6-5-12-25(26)22-43-34(41)39-19-17-36-23-39)32-35(29-14-7-8-15-30(29)37-31(28)35)16-9-18-38(32)21-24-10-3-2-4-11-24/h2-4,7-8,10-11,14-15,17,19,23,25-27,32,37H,5-6,9,12-13,16,18,20-22H2,1H3/t25-,26-,27-,32-,35-/m1/s1. The number of ether oxygens (including phenoxy) is 2. The Morgan fingerprint density at radius 3 is 2.65 bits per heavy atom. The van der Waals surface area contributed by atoms with E-state index in [9.17, 15) is 9.59 Å². The zero-order valence-corrected chi connectivity index (χ0v) is 24.8. The number of para-hydroxylation sites is 1. The lowest BCUT2D eigenvalue weighted by atomic mass is 9.54. The molecule has 1 aromatic heterocycles. The van der Waals surface area contributed by atoms with E-state index in [-0.39, 0.29) is 29.3 Å². The Bertz CT molecular complexity index is 1500. The molecule has 8 nitrogen and oxygen atoms in total. The minimum Gasteiger partial charge on any atom is -0.466 e. The second kappa shape index (κ2) is 11.6. The molecule has 43 heavy (non-hydrogen) atoms. The maximum atomic E-state index is 13.5. The lowest BCUT2D eigenvalue weighted by Crippen LogP contribution is -2.62. The predicted molar refractivity (Wildman–Crippen MR) is 163 cm³/mol. The minimum absolute atomic E-state index is 0.191. The third-order valence-corrected chi connectivity index (χ3v) is 10.5. The molecule has 8 heteroatoms. The number of nitrogens with zero attached hydrogens (tertiary/aromatic N) is 3. The normalized spacial score (nSPS) is 28.3. The smallest absolute Gasteiger partial charge is 0.419 e. The number of rotatable bonds is 6. The summed E-state index contributed by atoms with van der Waals surface area (Å²) in [5.74, 6) is 0.481. The van der Waals surface area contributed by atoms with Gasteiger partial charge in [-0.2, -0.15) is 0 Å². The number of esters is 1. The van der Waals surface area contributed by atoms with Crippen LogP contribution in [-0.2, 0) is 26.2 Å². The molecule has 0 bridgehead atoms. The highest BCUT2D eigenvalue weighted by molar-refractivity contribution is 5.92. The highest BCUT2D eigenvalue weighted by atomic mass is 16.5. The average molecular weight is 581 g/mol. The van der Waals surface area contributed by atoms with E-state index in [1.54, 1.807) is 12.4 Å². The molecule has 3 aromatic rings. The van der Waals surface area contributed by atoms with Crippen molar-refractivity contribution in [1.82, 2.24) is 14.5 Å². The fraction of sp³-hybridized carbons (Fsp3) is 0.457. The van der Waals surface area contributed by atoms with Crippen LogP contribution < -0.4 is 5.32 Å². The molecule has 0 amide bonds. The van der Waals surface area contributed by atoms with Crippen molar-refractivity contribution in [3.8, 4) is 0 Å². The van der Waals surface area contributed by atoms with Gasteiger partial charge in [0.1, 0.15) is 6.33 Å². The number of imidazole rings is 1. The van der Waals surface area contributed by atoms with Crippen LogP contribution in [0.15, 0.2) is 84.6 Å². The number of likely N-dealkylation sites (tertiary alicyclic amines) is 1. The third-order valence-electron chi connectivity index (χ3n) is 10.5. The van der Waals surface area contributed by atoms with E-state index in [2.05, 4.69) is 69.8 Å². The van der Waals surface area contributed by atoms with Crippen LogP contribution in [0, 0.1) is 17.8 Å². The highest BCUT2D eigenvalue weighted by Crippen LogP contribution is 2.60. The van der Waals surface area contributed by atoms with Crippen LogP contribution in [0.5, 0.6) is 0 Å². The zero-order valence-electron chi connectivity index (χ0n) is 24.8. The molecular weight excluding hydrogens is 540 g/mol. The first-order valence-corrected chi connectivity index (χ1v) is 15.7. The number of carbonyl (C=O) groups is 2. The van der Waals surface area contributed by atoms with Gasteiger partial charge in [-0.05, 0) is 73.6 Å². The summed E-state index contributed by atoms with van der Waals surface area (Å²) in [6.07, 6.45) is 11.3. The molecule has 2 fully saturated rings. The molecule has 3 heterocycles. The number of methoxy groups -OCH3 is 1. The number of anilines is 1. The Balaban J connectivity index is 1.31. The Morgan fingerprint density at radius 1 is 1.02 bits per heavy atom. The minimum atomic E-state index is -0.392. The summed E-state index contributed by atoms with van der Waals surface area (Å²) in [6.45, 7) is 2.24. The van der Waals surface area contributed by atoms with Crippen molar-refractivity contribution in [2.45, 2.75) is 62.9 Å². The van der Waals surface area contributed by atoms with Crippen molar-refractivity contribution in [1.29, 1.82) is 0 Å². The van der Waals surface area contributed by atoms with Crippen LogP contribution in [0.2, 0.25) is 0 Å². The lowest BCUT2D eigenvalue weighted by Gasteiger charge is -2.57. The van der Waals surface area contributed by atoms with Gasteiger partial charge in [0.05, 0.1) is 24.7 Å². The van der Waals surface area contributed by atoms with Crippen molar-refractivity contribution < 1.29 is 19.1 Å². The van der Waals surface area contributed by atoms with Crippen molar-refractivity contribution in [2.75, 3.05) is 25.6 Å². The lowest BCUT2D eigenvalue weighted by molar-refractivity contribution is -0.137. The number of piperidine rings is 1. The number of carbonyl (C=O) groups excluding carboxylic acids is 2. The summed E-state index contributed by atoms with van der Waals surface area (Å²) in [7, 11) is 1.49. The van der Waals surface area contributed by atoms with Crippen molar-refractivity contribution in [2.24, 2.45) is 17.8 Å². The fourth-order valence-electron chi connectivity index (χ4n) is 8.84. The molecule has 5 atom stereocenters. The van der Waals surface area contributed by atoms with E-state index < -0.39 is 6.09 Å². The van der Waals surface area contributed by atoms with Gasteiger partial charge in [0.25, 0.3) is 0 Å². The van der Waals surface area contributed by atoms with Gasteiger partial charge in [-0.25, -0.2) is 19.1 Å². The first kappa shape index (κ1) is 27.9. The molecule has 0 radical (unpaired) electrons. The monoisotopic (exact) mass is 580 g/mol. The molecule has 2 aliphatic heterocycles. The van der Waals surface area contributed by atoms with Crippen LogP contribution in [0.1, 0.15) is 56.1 Å². The molecule has 2 aromatic carbocycles. The van der Waals surface area contributed by atoms with Crippen molar-refractivity contribution >= 4 is 17.7 Å². The SMILES string of the molecule is COC(=O)C1=C2Nc3ccccc3[C@]23CCCN(Cc2ccccc2)[C@@H]3[C@@H]([C@@H]2CCCC[C@@H]2COC(=O)n2ccnc2)C1. The largest absolute Gasteiger partial charge is 0.466 e. The molecule has 7 rings (SSSR count). The van der Waals surface area contributed by atoms with E-state index in [1.807, 2.05) is 0 Å². The second-order valence-corrected chi connectivity index (χ2v) is 12.6. The van der Waals surface area contributed by atoms with E-state index >= 15 is 0 Å². The summed E-state index contributed by atoms with van der Waals surface area (Å²) in [5, 5.41) is 3.74. The topological polar surface area (TPSA) is 85.7 Å². The van der Waals surface area contributed by atoms with Gasteiger partial charge in [0.15, 0.2) is 0 Å². The van der Waals surface area contributed by atoms with Crippen molar-refractivity contribution in [3.63, 3.8) is 0 Å². The van der Waals surface area contributed by atoms with E-state index in [1.165, 1.54) is 29.1 Å². The Kier molecular flexibility index (Phi) is 7.55. The van der Waals surface area contributed by atoms with Gasteiger partial charge < -0.3 is 14.8 Å². The molecule has 2 aliphatic carbocycles. The molecule has 1 saturated heterocycles. The number of hydrogen-bond donors (Lipinski definition) is 1. The maximum absolute atomic E-state index is 13.5. The van der Waals surface area contributed by atoms with Gasteiger partial charge in [-0.1, -0.05) is 61.4 Å². The zero-order chi connectivity index (χ0) is 29.4. The first-order valence-electron chi connectivity index (χ1n) is 15.7. The summed E-state index contributed by atoms with van der Waals surface area (Å²) < 4.78 is 12.7. The fourth-order valence-corrected chi connectivity index (χ4v) is 8.84. The van der Waals surface area contributed by atoms with E-state index in [0.29, 0.717) is 18.9 Å². The Hall–Kier alpha value is -3.91. The summed E-state index contributed by atoms with van der Waals surface area (Å²) >= 11 is 0. The van der Waals surface area contributed by atoms with Gasteiger partial charge in [0, 0.05) is 36.4 Å². The summed E-state index contributed by atoms with van der Waals surface area (Å²) in [5.41, 5.74) is 5.18. The quantitative estimate of drug-likeness (QED) is 0.350. The predicted octanol–water partition coefficient (Wildman–Crippen LogP) is 6.15. The molecule has 4 aliphatic rings. The van der Waals surface area contributed by atoms with Gasteiger partial charge in [-0.3, -0.25) is 4.90 Å². The van der Waals surface area contributed by atoms with Crippen LogP contribution >= 0.6 is 0 Å². The molecule has 224 valence electrons. The highest BCUT2D eigenvalue weighted by Gasteiger charge is 2.60. The number of hydrogen-bond acceptors (Lipinski definition) is 7. The average Bonchev–Trinajstić information content (AvgIpc) is 3.70. The molecule has 1 N–H and O–H groups in total. The van der Waals surface area contributed by atoms with Crippen LogP contribution in [-0.4, -0.2) is 52.8 Å². The summed E-state index contributed by atoms with van der Waals surface area (Å²) in [4.78, 5) is 33.0. The third kappa shape index (κ3) is 4.85. The van der Waals surface area contributed by atoms with Gasteiger partial charge in [0.2, 0.25) is 0 Å². The van der Waals surface area contributed by atoms with E-state index in [0.717, 1.165) is 68.6 Å². The number of fused-ring (bicyclic) bond motifs is 1. The van der Waals surface area contributed by atoms with Crippen LogP contribution in [0.4, 0.5) is 10.5 Å². The molecular formula is C35H40N4O4. The maximum Gasteiger partial charge on any atom is 0.419 e. The molecule has 1 spiro atoms. The van der Waals surface area contributed by atoms with Gasteiger partial charge in [-0.15, -0.1) is 0 Å². The van der Waals surface area contributed by atoms with Crippen molar-refractivity contribution in [3.05, 3.63) is 95.7 Å². The molecule has 0 unspecified atom stereocenters. The number of aromatic nitrogens is 2. The Labute approximate surface area is 253 Å². The molecule has 1 saturated carbocycles. The van der Waals surface area contributed by atoms with Crippen LogP contribution in [0.25, 0.3) is 0 Å². The number of benzene rings is 2. The number of nitrogens with one attached hydrogen (secondary N) is 1. The van der Waals surface area contributed by atoms with Gasteiger partial charge >= 0.3 is 12.1 Å². The first-order chi connectivity index (χ1) is 21.1. The van der Waals surface area contributed by atoms with Crippen LogP contribution in [0.3, 0.4) is 0 Å². The second-order valence-electron chi connectivity index (χ2n) is 12.6. The summed E-state index contributed by atoms with van der Waals surface area (Å²) in [6, 6.07) is 19.5. The Morgan fingerprint density at radius 2 is 1.84 bits per heavy atom.